The third-order valence-corrected chi connectivity index (χ3v) is 7.03. The van der Waals surface area contributed by atoms with E-state index in [4.69, 9.17) is 2.74 Å². The van der Waals surface area contributed by atoms with Crippen molar-refractivity contribution in [1.82, 2.24) is 19.8 Å². The number of piperazine rings is 1. The average Bonchev–Trinajstić information content (AvgIpc) is 3.44. The number of hydrogen-bond donors (Lipinski definition) is 0. The second kappa shape index (κ2) is 7.43. The van der Waals surface area contributed by atoms with Crippen molar-refractivity contribution in [3.63, 3.8) is 0 Å². The van der Waals surface area contributed by atoms with Crippen LogP contribution in [0.2, 0.25) is 0 Å². The molecule has 2 saturated carbocycles. The van der Waals surface area contributed by atoms with E-state index < -0.39 is 6.50 Å². The van der Waals surface area contributed by atoms with Gasteiger partial charge < -0.3 is 4.90 Å². The fourth-order valence-corrected chi connectivity index (χ4v) is 5.68. The Bertz CT molecular complexity index is 787. The number of imide groups is 1. The molecule has 7 heteroatoms. The molecular formula is C21H29N5O2. The Morgan fingerprint density at radius 3 is 2.25 bits per heavy atom. The van der Waals surface area contributed by atoms with E-state index in [2.05, 4.69) is 14.9 Å². The van der Waals surface area contributed by atoms with E-state index in [9.17, 15) is 9.59 Å². The highest BCUT2D eigenvalue weighted by Crippen LogP contribution is 2.56. The number of carbonyl (C=O) groups excluding carboxylic acids is 2. The molecule has 7 nitrogen and oxygen atoms in total. The van der Waals surface area contributed by atoms with Gasteiger partial charge in [0.25, 0.3) is 0 Å². The number of amides is 2. The van der Waals surface area contributed by atoms with Crippen LogP contribution >= 0.6 is 0 Å². The van der Waals surface area contributed by atoms with Gasteiger partial charge in [0.05, 0.1) is 11.8 Å². The lowest BCUT2D eigenvalue weighted by molar-refractivity contribution is -0.140. The summed E-state index contributed by atoms with van der Waals surface area (Å²) in [5.41, 5.74) is 0. The quantitative estimate of drug-likeness (QED) is 0.690. The third-order valence-electron chi connectivity index (χ3n) is 7.03. The monoisotopic (exact) mass is 385 g/mol. The molecule has 0 radical (unpaired) electrons. The van der Waals surface area contributed by atoms with Crippen LogP contribution < -0.4 is 4.90 Å². The van der Waals surface area contributed by atoms with Crippen LogP contribution in [-0.2, 0) is 9.59 Å². The highest BCUT2D eigenvalue weighted by Gasteiger charge is 2.60. The van der Waals surface area contributed by atoms with Gasteiger partial charge in [-0.2, -0.15) is 0 Å². The van der Waals surface area contributed by atoms with Crippen LogP contribution in [0.15, 0.2) is 18.5 Å². The minimum atomic E-state index is -1.45. The maximum atomic E-state index is 12.8. The third kappa shape index (κ3) is 3.09. The molecule has 150 valence electrons. The first kappa shape index (κ1) is 15.9. The summed E-state index contributed by atoms with van der Waals surface area (Å²) in [5, 5.41) is 0. The number of hydrogen-bond acceptors (Lipinski definition) is 6. The minimum Gasteiger partial charge on any atom is -0.338 e. The zero-order chi connectivity index (χ0) is 20.9. The molecule has 0 spiro atoms. The molecule has 0 unspecified atom stereocenters. The summed E-state index contributed by atoms with van der Waals surface area (Å²) in [7, 11) is 0. The summed E-state index contributed by atoms with van der Waals surface area (Å²) in [5.74, 6) is 1.34. The Labute approximate surface area is 168 Å². The number of likely N-dealkylation sites (tertiary alicyclic amines) is 1. The molecule has 1 aromatic heterocycles. The highest BCUT2D eigenvalue weighted by atomic mass is 16.2. The predicted molar refractivity (Wildman–Crippen MR) is 104 cm³/mol. The lowest BCUT2D eigenvalue weighted by Gasteiger charge is -2.34. The lowest BCUT2D eigenvalue weighted by Crippen LogP contribution is -2.47. The summed E-state index contributed by atoms with van der Waals surface area (Å²) in [6.45, 7) is 1.45. The Morgan fingerprint density at radius 1 is 0.964 bits per heavy atom. The molecule has 0 aromatic carbocycles. The van der Waals surface area contributed by atoms with Crippen molar-refractivity contribution in [2.75, 3.05) is 44.1 Å². The van der Waals surface area contributed by atoms with Gasteiger partial charge >= 0.3 is 0 Å². The molecule has 4 aliphatic rings. The van der Waals surface area contributed by atoms with Gasteiger partial charge in [0.2, 0.25) is 17.8 Å². The lowest BCUT2D eigenvalue weighted by atomic mass is 9.81. The van der Waals surface area contributed by atoms with Gasteiger partial charge in [0.1, 0.15) is 0 Å². The molecule has 2 aliphatic carbocycles. The first-order chi connectivity index (χ1) is 14.5. The summed E-state index contributed by atoms with van der Waals surface area (Å²) in [6.07, 6.45) is 7.46. The smallest absolute Gasteiger partial charge is 0.233 e. The number of carbonyl (C=O) groups is 2. The van der Waals surface area contributed by atoms with Crippen molar-refractivity contribution in [2.45, 2.75) is 32.1 Å². The van der Waals surface area contributed by atoms with E-state index in [1.54, 1.807) is 18.5 Å². The van der Waals surface area contributed by atoms with Crippen LogP contribution in [0.1, 0.15) is 34.8 Å². The number of anilines is 1. The van der Waals surface area contributed by atoms with Gasteiger partial charge in [0.15, 0.2) is 0 Å². The van der Waals surface area contributed by atoms with Crippen molar-refractivity contribution < 1.29 is 12.3 Å². The van der Waals surface area contributed by atoms with Crippen molar-refractivity contribution in [1.29, 1.82) is 0 Å². The van der Waals surface area contributed by atoms with Gasteiger partial charge in [-0.25, -0.2) is 9.97 Å². The molecule has 4 fully saturated rings. The Balaban J connectivity index is 1.12. The first-order valence-electron chi connectivity index (χ1n) is 11.6. The summed E-state index contributed by atoms with van der Waals surface area (Å²) in [4.78, 5) is 39.5. The van der Waals surface area contributed by atoms with Gasteiger partial charge in [-0.1, -0.05) is 0 Å². The zero-order valence-electron chi connectivity index (χ0n) is 18.2. The maximum Gasteiger partial charge on any atom is 0.233 e. The van der Waals surface area contributed by atoms with Crippen LogP contribution in [0.25, 0.3) is 0 Å². The van der Waals surface area contributed by atoms with Crippen LogP contribution in [-0.4, -0.2) is 70.8 Å². The molecule has 2 saturated heterocycles. The second-order valence-corrected chi connectivity index (χ2v) is 8.50. The number of nitrogens with zero attached hydrogens (tertiary/aromatic N) is 5. The molecular weight excluding hydrogens is 354 g/mol. The van der Waals surface area contributed by atoms with Crippen LogP contribution in [0.4, 0.5) is 5.95 Å². The number of rotatable bonds is 6. The SMILES string of the molecule is [2H]C([2H])(CCCN1C(=O)[C@@H]2[C@H]3CC[C@H](C3)[C@@H]2C1=O)N1CCN(c2ncccn2)CC1. The van der Waals surface area contributed by atoms with E-state index in [1.807, 2.05) is 4.90 Å². The molecule has 2 amide bonds. The Kier molecular flexibility index (Phi) is 4.20. The fraction of sp³-hybridized carbons (Fsp3) is 0.714. The summed E-state index contributed by atoms with van der Waals surface area (Å²) >= 11 is 0. The minimum absolute atomic E-state index is 0.00855. The zero-order valence-corrected chi connectivity index (χ0v) is 16.2. The average molecular weight is 386 g/mol. The molecule has 0 N–H and O–H groups in total. The molecule has 3 heterocycles. The van der Waals surface area contributed by atoms with Crippen LogP contribution in [0.3, 0.4) is 0 Å². The van der Waals surface area contributed by atoms with Crippen LogP contribution in [0, 0.1) is 23.7 Å². The summed E-state index contributed by atoms with van der Waals surface area (Å²) < 4.78 is 17.0. The van der Waals surface area contributed by atoms with E-state index in [-0.39, 0.29) is 23.7 Å². The van der Waals surface area contributed by atoms with Gasteiger partial charge in [-0.15, -0.1) is 0 Å². The summed E-state index contributed by atoms with van der Waals surface area (Å²) in [6, 6.07) is 1.78. The molecule has 5 rings (SSSR count). The molecule has 1 aromatic rings. The topological polar surface area (TPSA) is 69.6 Å². The van der Waals surface area contributed by atoms with Gasteiger partial charge in [0, 0.05) is 47.9 Å². The van der Waals surface area contributed by atoms with Crippen molar-refractivity contribution in [3.05, 3.63) is 18.5 Å². The molecule has 2 aliphatic heterocycles. The standard InChI is InChI=1S/C21H29N5O2/c27-19-17-15-4-5-16(14-15)18(17)20(28)26(19)9-2-1-8-24-10-12-25(13-11-24)21-22-6-3-7-23-21/h3,6-7,15-18H,1-2,4-5,8-14H2/t15-,16+,17+,18-/i8D2. The van der Waals surface area contributed by atoms with Crippen molar-refractivity contribution in [3.8, 4) is 0 Å². The Hall–Kier alpha value is -2.02. The van der Waals surface area contributed by atoms with Crippen LogP contribution in [0.5, 0.6) is 0 Å². The van der Waals surface area contributed by atoms with Gasteiger partial charge in [-0.3, -0.25) is 19.4 Å². The fourth-order valence-electron chi connectivity index (χ4n) is 5.68. The van der Waals surface area contributed by atoms with E-state index >= 15 is 0 Å². The van der Waals surface area contributed by atoms with E-state index in [1.165, 1.54) is 4.90 Å². The first-order valence-corrected chi connectivity index (χ1v) is 10.6. The molecule has 4 atom stereocenters. The van der Waals surface area contributed by atoms with Gasteiger partial charge in [-0.05, 0) is 56.5 Å². The maximum absolute atomic E-state index is 12.8. The molecule has 2 bridgehead atoms. The largest absolute Gasteiger partial charge is 0.338 e. The Morgan fingerprint density at radius 2 is 1.61 bits per heavy atom. The van der Waals surface area contributed by atoms with E-state index in [0.717, 1.165) is 19.3 Å². The predicted octanol–water partition coefficient (Wildman–Crippen LogP) is 1.41. The highest BCUT2D eigenvalue weighted by molar-refractivity contribution is 6.06. The van der Waals surface area contributed by atoms with E-state index in [0.29, 0.717) is 63.3 Å². The number of fused-ring (bicyclic) bond motifs is 5. The van der Waals surface area contributed by atoms with Crippen molar-refractivity contribution in [2.24, 2.45) is 23.7 Å². The van der Waals surface area contributed by atoms with Crippen molar-refractivity contribution >= 4 is 17.8 Å². The molecule has 28 heavy (non-hydrogen) atoms. The normalized spacial score (nSPS) is 34.0. The second-order valence-electron chi connectivity index (χ2n) is 8.50. The number of aromatic nitrogens is 2.